The van der Waals surface area contributed by atoms with Crippen molar-refractivity contribution < 1.29 is 4.39 Å². The maximum absolute atomic E-state index is 11.7. The Morgan fingerprint density at radius 1 is 1.50 bits per heavy atom. The highest BCUT2D eigenvalue weighted by atomic mass is 19.1. The summed E-state index contributed by atoms with van der Waals surface area (Å²) in [6.07, 6.45) is 2.00. The minimum atomic E-state index is -0.292. The molecule has 0 aliphatic heterocycles. The first-order valence-electron chi connectivity index (χ1n) is 4.25. The number of nitrogens with zero attached hydrogens (tertiary/aromatic N) is 3. The molecule has 0 atom stereocenters. The van der Waals surface area contributed by atoms with Gasteiger partial charge in [0.1, 0.15) is 12.2 Å². The molecule has 12 heavy (non-hydrogen) atoms. The van der Waals surface area contributed by atoms with E-state index in [-0.39, 0.29) is 6.67 Å². The first kappa shape index (κ1) is 11.1. The van der Waals surface area contributed by atoms with Crippen LogP contribution in [0.5, 0.6) is 0 Å². The molecule has 70 valence electrons. The van der Waals surface area contributed by atoms with E-state index in [0.717, 1.165) is 5.82 Å². The number of aromatic nitrogens is 3. The fraction of sp³-hybridized carbons (Fsp3) is 0.750. The van der Waals surface area contributed by atoms with Gasteiger partial charge in [-0.05, 0) is 13.3 Å². The van der Waals surface area contributed by atoms with Crippen LogP contribution in [-0.4, -0.2) is 21.4 Å². The third-order valence-corrected chi connectivity index (χ3v) is 1.31. The summed E-state index contributed by atoms with van der Waals surface area (Å²) in [5.41, 5.74) is 0. The molecule has 0 radical (unpaired) electrons. The van der Waals surface area contributed by atoms with Gasteiger partial charge in [0.2, 0.25) is 0 Å². The van der Waals surface area contributed by atoms with E-state index in [4.69, 9.17) is 0 Å². The van der Waals surface area contributed by atoms with Gasteiger partial charge in [0.15, 0.2) is 0 Å². The van der Waals surface area contributed by atoms with Crippen LogP contribution in [0.3, 0.4) is 0 Å². The van der Waals surface area contributed by atoms with Crippen molar-refractivity contribution in [3.05, 3.63) is 12.2 Å². The van der Waals surface area contributed by atoms with Crippen LogP contribution in [0.25, 0.3) is 0 Å². The molecule has 0 aliphatic carbocycles. The molecule has 0 fully saturated rings. The third kappa shape index (κ3) is 3.46. The number of hydrogen-bond acceptors (Lipinski definition) is 2. The Bertz CT molecular complexity index is 198. The Morgan fingerprint density at radius 3 is 2.58 bits per heavy atom. The lowest BCUT2D eigenvalue weighted by Crippen LogP contribution is -2.02. The van der Waals surface area contributed by atoms with E-state index in [1.807, 2.05) is 20.8 Å². The summed E-state index contributed by atoms with van der Waals surface area (Å²) in [5.74, 6) is 0.841. The lowest BCUT2D eigenvalue weighted by atomic mass is 10.5. The average Bonchev–Trinajstić information content (AvgIpc) is 2.51. The van der Waals surface area contributed by atoms with E-state index >= 15 is 0 Å². The van der Waals surface area contributed by atoms with Crippen LogP contribution in [-0.2, 0) is 6.54 Å². The fourth-order valence-electron chi connectivity index (χ4n) is 0.751. The van der Waals surface area contributed by atoms with Crippen LogP contribution in [0.1, 0.15) is 26.1 Å². The van der Waals surface area contributed by atoms with Gasteiger partial charge in [0, 0.05) is 6.54 Å². The van der Waals surface area contributed by atoms with Crippen molar-refractivity contribution in [2.75, 3.05) is 6.67 Å². The molecule has 0 N–H and O–H groups in total. The highest BCUT2D eigenvalue weighted by Crippen LogP contribution is 1.93. The normalized spacial score (nSPS) is 9.00. The maximum Gasteiger partial charge on any atom is 0.138 e. The van der Waals surface area contributed by atoms with E-state index < -0.39 is 0 Å². The summed E-state index contributed by atoms with van der Waals surface area (Å²) in [6.45, 7) is 6.19. The van der Waals surface area contributed by atoms with Crippen molar-refractivity contribution in [1.29, 1.82) is 0 Å². The number of aryl methyl sites for hydroxylation is 2. The minimum absolute atomic E-state index is 0.292. The monoisotopic (exact) mass is 173 g/mol. The van der Waals surface area contributed by atoms with Crippen LogP contribution in [0.15, 0.2) is 6.33 Å². The third-order valence-electron chi connectivity index (χ3n) is 1.31. The lowest BCUT2D eigenvalue weighted by Gasteiger charge is -1.97. The Labute approximate surface area is 72.6 Å². The molecule has 0 spiro atoms. The molecule has 1 aromatic rings. The van der Waals surface area contributed by atoms with Gasteiger partial charge in [-0.3, -0.25) is 9.07 Å². The van der Waals surface area contributed by atoms with Crippen molar-refractivity contribution in [3.63, 3.8) is 0 Å². The van der Waals surface area contributed by atoms with Crippen molar-refractivity contribution in [3.8, 4) is 0 Å². The molecule has 0 saturated heterocycles. The summed E-state index contributed by atoms with van der Waals surface area (Å²) in [4.78, 5) is 3.90. The summed E-state index contributed by atoms with van der Waals surface area (Å²) in [5, 5.41) is 3.89. The average molecular weight is 173 g/mol. The molecule has 4 heteroatoms. The molecule has 0 aromatic carbocycles. The van der Waals surface area contributed by atoms with Crippen molar-refractivity contribution in [1.82, 2.24) is 14.8 Å². The second kappa shape index (κ2) is 6.76. The highest BCUT2D eigenvalue weighted by molar-refractivity contribution is 4.77. The lowest BCUT2D eigenvalue weighted by molar-refractivity contribution is 0.431. The molecule has 0 unspecified atom stereocenters. The summed E-state index contributed by atoms with van der Waals surface area (Å²) in [6, 6.07) is 0. The van der Waals surface area contributed by atoms with Gasteiger partial charge in [-0.2, -0.15) is 5.10 Å². The molecule has 1 heterocycles. The number of alkyl halides is 1. The number of halogens is 1. The largest absolute Gasteiger partial charge is 0.251 e. The molecular formula is C8H16FN3. The zero-order valence-corrected chi connectivity index (χ0v) is 7.92. The van der Waals surface area contributed by atoms with Crippen LogP contribution in [0, 0.1) is 6.92 Å². The quantitative estimate of drug-likeness (QED) is 0.699. The molecule has 0 bridgehead atoms. The number of hydrogen-bond donors (Lipinski definition) is 0. The molecule has 0 aliphatic rings. The van der Waals surface area contributed by atoms with Crippen molar-refractivity contribution >= 4 is 0 Å². The first-order chi connectivity index (χ1) is 5.84. The topological polar surface area (TPSA) is 30.7 Å². The smallest absolute Gasteiger partial charge is 0.138 e. The van der Waals surface area contributed by atoms with Gasteiger partial charge in [0.25, 0.3) is 0 Å². The van der Waals surface area contributed by atoms with E-state index in [9.17, 15) is 4.39 Å². The zero-order chi connectivity index (χ0) is 9.40. The Hall–Kier alpha value is -0.930. The van der Waals surface area contributed by atoms with Gasteiger partial charge in [0.05, 0.1) is 6.67 Å². The maximum atomic E-state index is 11.7. The van der Waals surface area contributed by atoms with Crippen molar-refractivity contribution in [2.24, 2.45) is 0 Å². The predicted octanol–water partition coefficient (Wildman–Crippen LogP) is 1.97. The molecule has 3 nitrogen and oxygen atoms in total. The SMILES string of the molecule is CC.Cc1ncnn1CCCF. The summed E-state index contributed by atoms with van der Waals surface area (Å²) < 4.78 is 13.3. The fourth-order valence-corrected chi connectivity index (χ4v) is 0.751. The zero-order valence-electron chi connectivity index (χ0n) is 7.92. The molecule has 1 rings (SSSR count). The summed E-state index contributed by atoms with van der Waals surface area (Å²) in [7, 11) is 0. The summed E-state index contributed by atoms with van der Waals surface area (Å²) >= 11 is 0. The second-order valence-corrected chi connectivity index (χ2v) is 2.07. The van der Waals surface area contributed by atoms with Gasteiger partial charge < -0.3 is 0 Å². The van der Waals surface area contributed by atoms with Gasteiger partial charge in [-0.15, -0.1) is 0 Å². The van der Waals surface area contributed by atoms with Crippen LogP contribution in [0.4, 0.5) is 4.39 Å². The highest BCUT2D eigenvalue weighted by Gasteiger charge is 1.95. The van der Waals surface area contributed by atoms with Gasteiger partial charge in [-0.25, -0.2) is 4.98 Å². The molecule has 0 amide bonds. The standard InChI is InChI=1S/C6H10FN3.C2H6/c1-6-8-5-9-10(6)4-2-3-7;1-2/h5H,2-4H2,1H3;1-2H3. The Balaban J connectivity index is 0.000000561. The molecule has 1 aromatic heterocycles. The van der Waals surface area contributed by atoms with Crippen molar-refractivity contribution in [2.45, 2.75) is 33.7 Å². The van der Waals surface area contributed by atoms with Gasteiger partial charge >= 0.3 is 0 Å². The van der Waals surface area contributed by atoms with E-state index in [0.29, 0.717) is 13.0 Å². The minimum Gasteiger partial charge on any atom is -0.251 e. The molecule has 0 saturated carbocycles. The number of rotatable bonds is 3. The van der Waals surface area contributed by atoms with Crippen LogP contribution < -0.4 is 0 Å². The Morgan fingerprint density at radius 2 is 2.17 bits per heavy atom. The van der Waals surface area contributed by atoms with E-state index in [1.165, 1.54) is 6.33 Å². The molecular weight excluding hydrogens is 157 g/mol. The van der Waals surface area contributed by atoms with Crippen LogP contribution >= 0.6 is 0 Å². The first-order valence-corrected chi connectivity index (χ1v) is 4.25. The predicted molar refractivity (Wildman–Crippen MR) is 46.7 cm³/mol. The van der Waals surface area contributed by atoms with E-state index in [1.54, 1.807) is 4.68 Å². The second-order valence-electron chi connectivity index (χ2n) is 2.07. The van der Waals surface area contributed by atoms with E-state index in [2.05, 4.69) is 10.1 Å². The van der Waals surface area contributed by atoms with Gasteiger partial charge in [-0.1, -0.05) is 13.8 Å². The Kier molecular flexibility index (Phi) is 6.24. The van der Waals surface area contributed by atoms with Crippen LogP contribution in [0.2, 0.25) is 0 Å².